The van der Waals surface area contributed by atoms with Gasteiger partial charge in [-0.15, -0.1) is 0 Å². The van der Waals surface area contributed by atoms with Gasteiger partial charge in [0.1, 0.15) is 29.3 Å². The van der Waals surface area contributed by atoms with Gasteiger partial charge >= 0.3 is 0 Å². The van der Waals surface area contributed by atoms with Crippen LogP contribution in [0.5, 0.6) is 11.5 Å². The van der Waals surface area contributed by atoms with Crippen LogP contribution in [0, 0.1) is 5.95 Å². The summed E-state index contributed by atoms with van der Waals surface area (Å²) in [6.45, 7) is 1.55. The molecule has 1 aliphatic heterocycles. The lowest BCUT2D eigenvalue weighted by molar-refractivity contribution is 0.446. The normalized spacial score (nSPS) is 16.4. The predicted molar refractivity (Wildman–Crippen MR) is 110 cm³/mol. The van der Waals surface area contributed by atoms with E-state index in [0.717, 1.165) is 18.7 Å². The molecule has 29 heavy (non-hydrogen) atoms. The van der Waals surface area contributed by atoms with Gasteiger partial charge in [0.15, 0.2) is 0 Å². The van der Waals surface area contributed by atoms with E-state index >= 15 is 4.39 Å². The Labute approximate surface area is 167 Å². The van der Waals surface area contributed by atoms with E-state index in [0.29, 0.717) is 34.5 Å². The van der Waals surface area contributed by atoms with E-state index in [9.17, 15) is 0 Å². The summed E-state index contributed by atoms with van der Waals surface area (Å²) in [6.07, 6.45) is 2.23. The molecule has 1 fully saturated rings. The van der Waals surface area contributed by atoms with Crippen LogP contribution >= 0.6 is 0 Å². The van der Waals surface area contributed by atoms with Gasteiger partial charge in [0.05, 0.1) is 11.4 Å². The third-order valence-electron chi connectivity index (χ3n) is 5.27. The zero-order chi connectivity index (χ0) is 19.8. The molecule has 0 amide bonds. The molecule has 0 spiro atoms. The predicted octanol–water partition coefficient (Wildman–Crippen LogP) is 4.15. The molecule has 0 radical (unpaired) electrons. The first-order valence-electron chi connectivity index (χ1n) is 9.56. The fourth-order valence-electron chi connectivity index (χ4n) is 3.90. The Bertz CT molecular complexity index is 1150. The van der Waals surface area contributed by atoms with Crippen molar-refractivity contribution >= 4 is 16.9 Å². The van der Waals surface area contributed by atoms with Crippen molar-refractivity contribution < 1.29 is 9.13 Å². The van der Waals surface area contributed by atoms with Crippen molar-refractivity contribution in [2.75, 3.05) is 18.8 Å². The van der Waals surface area contributed by atoms with E-state index < -0.39 is 0 Å². The van der Waals surface area contributed by atoms with Crippen LogP contribution in [0.1, 0.15) is 12.5 Å². The molecule has 0 saturated carbocycles. The molecule has 5 rings (SSSR count). The van der Waals surface area contributed by atoms with E-state index in [-0.39, 0.29) is 17.8 Å². The lowest BCUT2D eigenvalue weighted by Gasteiger charge is -2.12. The van der Waals surface area contributed by atoms with Crippen LogP contribution in [0.2, 0.25) is 0 Å². The number of hydrogen-bond acceptors (Lipinski definition) is 5. The zero-order valence-electron chi connectivity index (χ0n) is 15.7. The van der Waals surface area contributed by atoms with E-state index in [2.05, 4.69) is 15.3 Å². The number of fused-ring (bicyclic) bond motifs is 1. The standard InChI is InChI=1S/C22H20FN5O/c23-20-18(14-6-8-17(9-7-14)29-16-4-2-1-3-5-16)19-21(24)26-13-27-22(19)28(20)15-10-11-25-12-15/h1-9,13,15,25H,10-12H2,(H2,24,26,27)/t15-/m1/s1. The lowest BCUT2D eigenvalue weighted by Crippen LogP contribution is -2.15. The molecule has 0 aliphatic carbocycles. The fourth-order valence-corrected chi connectivity index (χ4v) is 3.90. The first-order chi connectivity index (χ1) is 14.2. The van der Waals surface area contributed by atoms with Crippen LogP contribution in [0.15, 0.2) is 60.9 Å². The molecule has 2 aromatic heterocycles. The second-order valence-corrected chi connectivity index (χ2v) is 7.08. The molecular formula is C22H20FN5O. The second-order valence-electron chi connectivity index (χ2n) is 7.08. The molecule has 7 heteroatoms. The molecule has 4 aromatic rings. The summed E-state index contributed by atoms with van der Waals surface area (Å²) in [4.78, 5) is 8.44. The quantitative estimate of drug-likeness (QED) is 0.548. The third kappa shape index (κ3) is 3.09. The van der Waals surface area contributed by atoms with Crippen molar-refractivity contribution in [1.29, 1.82) is 0 Å². The highest BCUT2D eigenvalue weighted by Gasteiger charge is 2.28. The number of nitrogens with zero attached hydrogens (tertiary/aromatic N) is 3. The number of nitrogens with two attached hydrogens (primary N) is 1. The van der Waals surface area contributed by atoms with E-state index in [1.807, 2.05) is 54.6 Å². The highest BCUT2D eigenvalue weighted by molar-refractivity contribution is 6.01. The van der Waals surface area contributed by atoms with E-state index in [4.69, 9.17) is 10.5 Å². The Hall–Kier alpha value is -3.45. The van der Waals surface area contributed by atoms with Crippen LogP contribution in [-0.2, 0) is 0 Å². The van der Waals surface area contributed by atoms with Crippen molar-refractivity contribution in [3.63, 3.8) is 0 Å². The Morgan fingerprint density at radius 1 is 1.03 bits per heavy atom. The molecule has 0 bridgehead atoms. The van der Waals surface area contributed by atoms with Gasteiger partial charge in [-0.2, -0.15) is 4.39 Å². The number of benzene rings is 2. The molecule has 1 saturated heterocycles. The number of anilines is 1. The molecule has 1 aliphatic rings. The minimum atomic E-state index is -0.336. The van der Waals surface area contributed by atoms with Crippen LogP contribution in [0.4, 0.5) is 10.2 Å². The monoisotopic (exact) mass is 389 g/mol. The summed E-state index contributed by atoms with van der Waals surface area (Å²) in [6, 6.07) is 16.8. The molecular weight excluding hydrogens is 369 g/mol. The summed E-state index contributed by atoms with van der Waals surface area (Å²) in [7, 11) is 0. The maximum atomic E-state index is 15.6. The Morgan fingerprint density at radius 2 is 1.79 bits per heavy atom. The van der Waals surface area contributed by atoms with Gasteiger partial charge in [-0.25, -0.2) is 9.97 Å². The van der Waals surface area contributed by atoms with Crippen molar-refractivity contribution in [1.82, 2.24) is 19.9 Å². The van der Waals surface area contributed by atoms with E-state index in [1.165, 1.54) is 6.33 Å². The summed E-state index contributed by atoms with van der Waals surface area (Å²) in [5.74, 6) is 1.36. The van der Waals surface area contributed by atoms with Crippen molar-refractivity contribution in [2.24, 2.45) is 0 Å². The van der Waals surface area contributed by atoms with Crippen LogP contribution in [-0.4, -0.2) is 27.6 Å². The first-order valence-corrected chi connectivity index (χ1v) is 9.56. The molecule has 6 nitrogen and oxygen atoms in total. The number of halogens is 1. The van der Waals surface area contributed by atoms with Crippen molar-refractivity contribution in [3.8, 4) is 22.6 Å². The van der Waals surface area contributed by atoms with Crippen LogP contribution in [0.25, 0.3) is 22.2 Å². The molecule has 1 atom stereocenters. The number of nitrogens with one attached hydrogen (secondary N) is 1. The first kappa shape index (κ1) is 17.6. The highest BCUT2D eigenvalue weighted by atomic mass is 19.1. The maximum absolute atomic E-state index is 15.6. The topological polar surface area (TPSA) is 78.0 Å². The number of rotatable bonds is 4. The average molecular weight is 389 g/mol. The van der Waals surface area contributed by atoms with Gasteiger partial charge in [-0.1, -0.05) is 30.3 Å². The maximum Gasteiger partial charge on any atom is 0.204 e. The van der Waals surface area contributed by atoms with Gasteiger partial charge in [0, 0.05) is 12.1 Å². The van der Waals surface area contributed by atoms with Crippen molar-refractivity contribution in [3.05, 3.63) is 66.9 Å². The molecule has 2 aromatic carbocycles. The van der Waals surface area contributed by atoms with Gasteiger partial charge in [-0.05, 0) is 42.8 Å². The Balaban J connectivity index is 1.59. The molecule has 146 valence electrons. The third-order valence-corrected chi connectivity index (χ3v) is 5.27. The van der Waals surface area contributed by atoms with Crippen LogP contribution < -0.4 is 15.8 Å². The number of hydrogen-bond donors (Lipinski definition) is 2. The lowest BCUT2D eigenvalue weighted by atomic mass is 10.1. The summed E-state index contributed by atoms with van der Waals surface area (Å²) in [5.41, 5.74) is 7.80. The van der Waals surface area contributed by atoms with Gasteiger partial charge < -0.3 is 15.8 Å². The van der Waals surface area contributed by atoms with Gasteiger partial charge in [0.25, 0.3) is 0 Å². The number of ether oxygens (including phenoxy) is 1. The highest BCUT2D eigenvalue weighted by Crippen LogP contribution is 2.39. The van der Waals surface area contributed by atoms with Crippen molar-refractivity contribution in [2.45, 2.75) is 12.5 Å². The Morgan fingerprint density at radius 3 is 2.52 bits per heavy atom. The summed E-state index contributed by atoms with van der Waals surface area (Å²) in [5, 5.41) is 3.83. The fraction of sp³-hybridized carbons (Fsp3) is 0.182. The molecule has 3 N–H and O–H groups in total. The van der Waals surface area contributed by atoms with Crippen LogP contribution in [0.3, 0.4) is 0 Å². The number of nitrogen functional groups attached to an aromatic ring is 1. The summed E-state index contributed by atoms with van der Waals surface area (Å²) >= 11 is 0. The van der Waals surface area contributed by atoms with E-state index in [1.54, 1.807) is 4.57 Å². The smallest absolute Gasteiger partial charge is 0.204 e. The van der Waals surface area contributed by atoms with Gasteiger partial charge in [-0.3, -0.25) is 4.57 Å². The number of aromatic nitrogens is 3. The SMILES string of the molecule is Nc1ncnc2c1c(-c1ccc(Oc3ccccc3)cc1)c(F)n2[C@@H]1CCNC1. The minimum Gasteiger partial charge on any atom is -0.457 e. The molecule has 3 heterocycles. The number of para-hydroxylation sites is 1. The second kappa shape index (κ2) is 7.18. The minimum absolute atomic E-state index is 0.00115. The Kier molecular flexibility index (Phi) is 4.37. The van der Waals surface area contributed by atoms with Gasteiger partial charge in [0.2, 0.25) is 5.95 Å². The molecule has 0 unspecified atom stereocenters. The zero-order valence-corrected chi connectivity index (χ0v) is 15.7. The largest absolute Gasteiger partial charge is 0.457 e. The average Bonchev–Trinajstić information content (AvgIpc) is 3.36. The summed E-state index contributed by atoms with van der Waals surface area (Å²) < 4.78 is 23.1.